The van der Waals surface area contributed by atoms with Gasteiger partial charge in [0.25, 0.3) is 0 Å². The third kappa shape index (κ3) is 6.78. The van der Waals surface area contributed by atoms with Gasteiger partial charge in [-0.3, -0.25) is 4.79 Å². The number of carbonyl (C=O) groups is 1. The molecule has 0 radical (unpaired) electrons. The van der Waals surface area contributed by atoms with E-state index < -0.39 is 0 Å². The van der Waals surface area contributed by atoms with Crippen molar-refractivity contribution in [3.05, 3.63) is 29.6 Å². The van der Waals surface area contributed by atoms with Crippen molar-refractivity contribution in [2.45, 2.75) is 20.8 Å². The van der Waals surface area contributed by atoms with E-state index in [1.807, 2.05) is 0 Å². The average Bonchev–Trinajstić information content (AvgIpc) is 2.02. The van der Waals surface area contributed by atoms with Gasteiger partial charge in [0.15, 0.2) is 0 Å². The van der Waals surface area contributed by atoms with Crippen molar-refractivity contribution < 1.29 is 14.3 Å². The third-order valence-corrected chi connectivity index (χ3v) is 1.14. The van der Waals surface area contributed by atoms with Gasteiger partial charge in [0.2, 0.25) is 0 Å². The summed E-state index contributed by atoms with van der Waals surface area (Å²) < 4.78 is 4.73. The quantitative estimate of drug-likeness (QED) is 0.288. The summed E-state index contributed by atoms with van der Waals surface area (Å²) in [5.41, 5.74) is 0.492. The maximum atomic E-state index is 10.5. The maximum absolute atomic E-state index is 10.5. The minimum Gasteiger partial charge on any atom is -0.432 e. The Balaban J connectivity index is 4.18. The highest BCUT2D eigenvalue weighted by Gasteiger charge is 1.91. The Kier molecular flexibility index (Phi) is 5.24. The van der Waals surface area contributed by atoms with E-state index in [0.29, 0.717) is 11.3 Å². The van der Waals surface area contributed by atoms with Crippen molar-refractivity contribution in [3.63, 3.8) is 0 Å². The van der Waals surface area contributed by atoms with E-state index in [0.717, 1.165) is 0 Å². The summed E-state index contributed by atoms with van der Waals surface area (Å²) in [7, 11) is 0. The molecular weight excluding hydrogens is 168 g/mol. The monoisotopic (exact) mass is 180 g/mol. The molecule has 0 fully saturated rings. The highest BCUT2D eigenvalue weighted by molar-refractivity contribution is 5.67. The summed E-state index contributed by atoms with van der Waals surface area (Å²) in [5, 5.41) is 0. The van der Waals surface area contributed by atoms with E-state index in [9.17, 15) is 9.59 Å². The van der Waals surface area contributed by atoms with Crippen LogP contribution in [0.1, 0.15) is 20.8 Å². The molecule has 0 spiro atoms. The second-order valence-electron chi connectivity index (χ2n) is 2.52. The molecule has 0 amide bonds. The van der Waals surface area contributed by atoms with Gasteiger partial charge in [-0.1, -0.05) is 6.08 Å². The zero-order valence-corrected chi connectivity index (χ0v) is 7.96. The Bertz CT molecular complexity index is 291. The van der Waals surface area contributed by atoms with Crippen LogP contribution in [-0.4, -0.2) is 11.9 Å². The molecule has 0 bridgehead atoms. The van der Waals surface area contributed by atoms with E-state index in [1.54, 1.807) is 38.0 Å². The normalized spacial score (nSPS) is 11.2. The van der Waals surface area contributed by atoms with Crippen molar-refractivity contribution in [1.82, 2.24) is 0 Å². The zero-order chi connectivity index (χ0) is 10.3. The van der Waals surface area contributed by atoms with Crippen LogP contribution in [0.3, 0.4) is 0 Å². The number of esters is 1. The molecule has 0 aromatic rings. The Labute approximate surface area is 77.4 Å². The molecule has 13 heavy (non-hydrogen) atoms. The Morgan fingerprint density at radius 2 is 1.92 bits per heavy atom. The molecule has 0 atom stereocenters. The molecule has 0 saturated carbocycles. The minimum atomic E-state index is -0.357. The molecule has 0 aromatic heterocycles. The van der Waals surface area contributed by atoms with E-state index in [1.165, 1.54) is 6.92 Å². The lowest BCUT2D eigenvalue weighted by Gasteiger charge is -1.97. The predicted octanol–water partition coefficient (Wildman–Crippen LogP) is 1.79. The predicted molar refractivity (Wildman–Crippen MR) is 49.5 cm³/mol. The van der Waals surface area contributed by atoms with Crippen LogP contribution in [0.4, 0.5) is 0 Å². The standard InChI is InChI=1S/C10H12O3/c1-8(7-11)5-4-6-9(2)13-10(3)12/h4-6H,1-3H3/b5-4+,9-6+. The number of carbonyl (C=O) groups excluding carboxylic acids is 2. The first kappa shape index (κ1) is 11.4. The molecular formula is C10H12O3. The highest BCUT2D eigenvalue weighted by atomic mass is 16.5. The molecule has 3 heteroatoms. The van der Waals surface area contributed by atoms with Crippen molar-refractivity contribution >= 4 is 11.9 Å². The van der Waals surface area contributed by atoms with Crippen molar-refractivity contribution in [1.29, 1.82) is 0 Å². The van der Waals surface area contributed by atoms with Crippen LogP contribution in [0, 0.1) is 0 Å². The van der Waals surface area contributed by atoms with Gasteiger partial charge in [0.05, 0.1) is 0 Å². The first-order valence-electron chi connectivity index (χ1n) is 3.81. The van der Waals surface area contributed by atoms with Crippen molar-refractivity contribution in [2.24, 2.45) is 0 Å². The van der Waals surface area contributed by atoms with Crippen LogP contribution in [0.2, 0.25) is 0 Å². The molecule has 0 unspecified atom stereocenters. The summed E-state index contributed by atoms with van der Waals surface area (Å²) in [6.07, 6.45) is 4.81. The van der Waals surface area contributed by atoms with Gasteiger partial charge in [-0.15, -0.1) is 0 Å². The van der Waals surface area contributed by atoms with E-state index in [2.05, 4.69) is 0 Å². The van der Waals surface area contributed by atoms with Crippen molar-refractivity contribution in [3.8, 4) is 0 Å². The van der Waals surface area contributed by atoms with Crippen LogP contribution < -0.4 is 0 Å². The van der Waals surface area contributed by atoms with Gasteiger partial charge in [0.1, 0.15) is 11.7 Å². The van der Waals surface area contributed by atoms with Gasteiger partial charge in [0, 0.05) is 12.5 Å². The Morgan fingerprint density at radius 1 is 1.31 bits per heavy atom. The number of hydrogen-bond donors (Lipinski definition) is 0. The Hall–Kier alpha value is -1.60. The summed E-state index contributed by atoms with van der Waals surface area (Å²) in [6.45, 7) is 4.63. The molecule has 0 saturated heterocycles. The number of rotatable bonds is 3. The molecule has 0 aromatic carbocycles. The van der Waals surface area contributed by atoms with Crippen LogP contribution >= 0.6 is 0 Å². The topological polar surface area (TPSA) is 43.4 Å². The van der Waals surface area contributed by atoms with Crippen LogP contribution in [0.5, 0.6) is 0 Å². The van der Waals surface area contributed by atoms with Crippen LogP contribution in [0.25, 0.3) is 0 Å². The first-order chi connectivity index (χ1) is 6.06. The second-order valence-corrected chi connectivity index (χ2v) is 2.52. The second kappa shape index (κ2) is 5.98. The summed E-state index contributed by atoms with van der Waals surface area (Å²) >= 11 is 0. The van der Waals surface area contributed by atoms with Gasteiger partial charge >= 0.3 is 5.97 Å². The molecule has 70 valence electrons. The SMILES string of the molecule is CC(=O)O/C(C)=C/C=C/C(C)=C=O. The summed E-state index contributed by atoms with van der Waals surface area (Å²) in [5.74, 6) is 1.85. The number of hydrogen-bond acceptors (Lipinski definition) is 3. The highest BCUT2D eigenvalue weighted by Crippen LogP contribution is 1.97. The fourth-order valence-corrected chi connectivity index (χ4v) is 0.623. The van der Waals surface area contributed by atoms with Crippen LogP contribution in [0.15, 0.2) is 29.6 Å². The molecule has 0 aliphatic rings. The number of allylic oxidation sites excluding steroid dienone is 5. The smallest absolute Gasteiger partial charge is 0.307 e. The molecule has 0 heterocycles. The zero-order valence-electron chi connectivity index (χ0n) is 7.96. The van der Waals surface area contributed by atoms with Gasteiger partial charge < -0.3 is 4.74 Å². The third-order valence-electron chi connectivity index (χ3n) is 1.14. The lowest BCUT2D eigenvalue weighted by atomic mass is 10.3. The molecule has 0 N–H and O–H groups in total. The molecule has 0 aliphatic carbocycles. The lowest BCUT2D eigenvalue weighted by molar-refractivity contribution is -0.136. The average molecular weight is 180 g/mol. The number of ether oxygens (including phenoxy) is 1. The van der Waals surface area contributed by atoms with Crippen molar-refractivity contribution in [2.75, 3.05) is 0 Å². The largest absolute Gasteiger partial charge is 0.432 e. The minimum absolute atomic E-state index is 0.357. The van der Waals surface area contributed by atoms with E-state index in [4.69, 9.17) is 4.74 Å². The first-order valence-corrected chi connectivity index (χ1v) is 3.81. The molecule has 0 aliphatic heterocycles. The lowest BCUT2D eigenvalue weighted by Crippen LogP contribution is -1.94. The van der Waals surface area contributed by atoms with E-state index in [-0.39, 0.29) is 5.97 Å². The fraction of sp³-hybridized carbons (Fsp3) is 0.300. The fourth-order valence-electron chi connectivity index (χ4n) is 0.623. The van der Waals surface area contributed by atoms with E-state index >= 15 is 0 Å². The Morgan fingerprint density at radius 3 is 2.38 bits per heavy atom. The van der Waals surface area contributed by atoms with Gasteiger partial charge in [-0.2, -0.15) is 0 Å². The summed E-state index contributed by atoms with van der Waals surface area (Å²) in [6, 6.07) is 0. The summed E-state index contributed by atoms with van der Waals surface area (Å²) in [4.78, 5) is 20.5. The molecule has 0 rings (SSSR count). The molecule has 3 nitrogen and oxygen atoms in total. The maximum Gasteiger partial charge on any atom is 0.307 e. The van der Waals surface area contributed by atoms with Gasteiger partial charge in [-0.25, -0.2) is 4.79 Å². The van der Waals surface area contributed by atoms with Gasteiger partial charge in [-0.05, 0) is 26.0 Å². The van der Waals surface area contributed by atoms with Crippen LogP contribution in [-0.2, 0) is 14.3 Å².